The smallest absolute Gasteiger partial charge is 0.350 e. The topological polar surface area (TPSA) is 150 Å². The Morgan fingerprint density at radius 3 is 2.42 bits per heavy atom. The van der Waals surface area contributed by atoms with E-state index in [0.717, 1.165) is 16.4 Å². The van der Waals surface area contributed by atoms with Gasteiger partial charge in [0.1, 0.15) is 18.0 Å². The third kappa shape index (κ3) is 6.85. The van der Waals surface area contributed by atoms with Gasteiger partial charge in [0.2, 0.25) is 0 Å². The first-order valence-corrected chi connectivity index (χ1v) is 11.8. The number of aromatic nitrogens is 2. The monoisotopic (exact) mass is 542 g/mol. The standard InChI is InChI=1S/C25H27ClN6O6/c1-14-12-19(26)8-11-22(14)38-17(4)24(34)27-20-9-6-18(7-10-20)15(2)28-29-23(33)16(3)31-13-21(32(35)36)25(30-31)37-5/h6-13,16-17H,1-5H3,(H,27,34)(H,29,33). The zero-order chi connectivity index (χ0) is 28.0. The van der Waals surface area contributed by atoms with Gasteiger partial charge in [-0.2, -0.15) is 5.10 Å². The van der Waals surface area contributed by atoms with E-state index in [9.17, 15) is 19.7 Å². The molecule has 0 fully saturated rings. The van der Waals surface area contributed by atoms with Crippen molar-refractivity contribution in [3.05, 3.63) is 74.9 Å². The minimum absolute atomic E-state index is 0.192. The summed E-state index contributed by atoms with van der Waals surface area (Å²) < 4.78 is 11.8. The van der Waals surface area contributed by atoms with Gasteiger partial charge in [-0.1, -0.05) is 23.7 Å². The average Bonchev–Trinajstić information content (AvgIpc) is 3.33. The molecule has 1 heterocycles. The highest BCUT2D eigenvalue weighted by molar-refractivity contribution is 6.30. The average molecular weight is 543 g/mol. The highest BCUT2D eigenvalue weighted by Crippen LogP contribution is 2.26. The number of nitrogens with zero attached hydrogens (tertiary/aromatic N) is 4. The molecule has 0 spiro atoms. The van der Waals surface area contributed by atoms with Crippen molar-refractivity contribution in [2.45, 2.75) is 39.8 Å². The summed E-state index contributed by atoms with van der Waals surface area (Å²) in [7, 11) is 1.26. The van der Waals surface area contributed by atoms with Gasteiger partial charge in [-0.05, 0) is 69.2 Å². The van der Waals surface area contributed by atoms with Gasteiger partial charge < -0.3 is 14.8 Å². The number of amides is 2. The molecular formula is C25H27ClN6O6. The molecule has 3 rings (SSSR count). The molecule has 12 nitrogen and oxygen atoms in total. The van der Waals surface area contributed by atoms with Crippen LogP contribution in [0.15, 0.2) is 53.8 Å². The SMILES string of the molecule is COc1nn(C(C)C(=O)NN=C(C)c2ccc(NC(=O)C(C)Oc3ccc(Cl)cc3C)cc2)cc1[N+](=O)[O-]. The first-order valence-electron chi connectivity index (χ1n) is 11.5. The van der Waals surface area contributed by atoms with Crippen molar-refractivity contribution >= 4 is 40.5 Å². The fourth-order valence-corrected chi connectivity index (χ4v) is 3.51. The van der Waals surface area contributed by atoms with Crippen molar-refractivity contribution in [1.29, 1.82) is 0 Å². The Morgan fingerprint density at radius 1 is 1.16 bits per heavy atom. The zero-order valence-electron chi connectivity index (χ0n) is 21.4. The second-order valence-electron chi connectivity index (χ2n) is 8.35. The molecule has 0 saturated heterocycles. The summed E-state index contributed by atoms with van der Waals surface area (Å²) in [6.45, 7) is 6.71. The van der Waals surface area contributed by atoms with E-state index in [-0.39, 0.29) is 17.5 Å². The Labute approximate surface area is 223 Å². The minimum Gasteiger partial charge on any atom is -0.481 e. The van der Waals surface area contributed by atoms with E-state index < -0.39 is 23.0 Å². The van der Waals surface area contributed by atoms with E-state index in [2.05, 4.69) is 20.9 Å². The van der Waals surface area contributed by atoms with Crippen LogP contribution in [0.4, 0.5) is 11.4 Å². The lowest BCUT2D eigenvalue weighted by Crippen LogP contribution is -2.30. The van der Waals surface area contributed by atoms with Crippen molar-refractivity contribution in [2.24, 2.45) is 5.10 Å². The number of ether oxygens (including phenoxy) is 2. The maximum atomic E-state index is 12.6. The van der Waals surface area contributed by atoms with Gasteiger partial charge in [0, 0.05) is 10.7 Å². The molecule has 0 bridgehead atoms. The molecule has 0 aliphatic carbocycles. The summed E-state index contributed by atoms with van der Waals surface area (Å²) in [5, 5.41) is 22.5. The number of hydrazone groups is 1. The highest BCUT2D eigenvalue weighted by Gasteiger charge is 2.25. The predicted molar refractivity (Wildman–Crippen MR) is 142 cm³/mol. The Kier molecular flexibility index (Phi) is 9.02. The number of halogens is 1. The molecule has 2 aromatic carbocycles. The van der Waals surface area contributed by atoms with Crippen LogP contribution in [0, 0.1) is 17.0 Å². The molecule has 0 radical (unpaired) electrons. The number of aryl methyl sites for hydroxylation is 1. The number of hydrogen-bond donors (Lipinski definition) is 2. The summed E-state index contributed by atoms with van der Waals surface area (Å²) in [6.07, 6.45) is 0.376. The van der Waals surface area contributed by atoms with Gasteiger partial charge in [0.05, 0.1) is 17.7 Å². The van der Waals surface area contributed by atoms with E-state index in [1.165, 1.54) is 14.0 Å². The first-order chi connectivity index (χ1) is 18.0. The number of methoxy groups -OCH3 is 1. The number of hydrogen-bond acceptors (Lipinski definition) is 8. The molecule has 13 heteroatoms. The van der Waals surface area contributed by atoms with Crippen LogP contribution in [0.25, 0.3) is 0 Å². The van der Waals surface area contributed by atoms with E-state index in [0.29, 0.717) is 27.7 Å². The lowest BCUT2D eigenvalue weighted by molar-refractivity contribution is -0.385. The molecule has 2 N–H and O–H groups in total. The van der Waals surface area contributed by atoms with Crippen LogP contribution >= 0.6 is 11.6 Å². The van der Waals surface area contributed by atoms with E-state index in [1.807, 2.05) is 6.92 Å². The van der Waals surface area contributed by atoms with Crippen molar-refractivity contribution in [1.82, 2.24) is 15.2 Å². The number of anilines is 1. The molecule has 2 amide bonds. The summed E-state index contributed by atoms with van der Waals surface area (Å²) in [5.41, 5.74) is 4.67. The Hall–Kier alpha value is -4.45. The van der Waals surface area contributed by atoms with Crippen molar-refractivity contribution < 1.29 is 24.0 Å². The van der Waals surface area contributed by atoms with Gasteiger partial charge in [0.25, 0.3) is 11.8 Å². The van der Waals surface area contributed by atoms with Crippen LogP contribution in [0.3, 0.4) is 0 Å². The van der Waals surface area contributed by atoms with Crippen molar-refractivity contribution in [3.8, 4) is 11.6 Å². The molecule has 200 valence electrons. The number of benzene rings is 2. The summed E-state index contributed by atoms with van der Waals surface area (Å²) in [6, 6.07) is 11.2. The van der Waals surface area contributed by atoms with Gasteiger partial charge in [-0.25, -0.2) is 10.1 Å². The third-order valence-electron chi connectivity index (χ3n) is 5.56. The molecule has 0 aliphatic rings. The van der Waals surface area contributed by atoms with Crippen LogP contribution in [0.2, 0.25) is 5.02 Å². The molecule has 1 aromatic heterocycles. The number of carbonyl (C=O) groups excluding carboxylic acids is 2. The van der Waals surface area contributed by atoms with Gasteiger partial charge >= 0.3 is 11.6 Å². The van der Waals surface area contributed by atoms with Crippen LogP contribution in [-0.4, -0.2) is 45.4 Å². The van der Waals surface area contributed by atoms with Crippen LogP contribution in [0.1, 0.15) is 37.9 Å². The minimum atomic E-state index is -0.882. The van der Waals surface area contributed by atoms with Crippen LogP contribution in [-0.2, 0) is 9.59 Å². The number of carbonyl (C=O) groups is 2. The number of rotatable bonds is 10. The predicted octanol–water partition coefficient (Wildman–Crippen LogP) is 4.27. The third-order valence-corrected chi connectivity index (χ3v) is 5.80. The van der Waals surface area contributed by atoms with Crippen molar-refractivity contribution in [3.63, 3.8) is 0 Å². The summed E-state index contributed by atoms with van der Waals surface area (Å²) in [5.74, 6) is -0.476. The number of nitrogens with one attached hydrogen (secondary N) is 2. The van der Waals surface area contributed by atoms with E-state index in [1.54, 1.807) is 56.3 Å². The molecule has 2 unspecified atom stereocenters. The van der Waals surface area contributed by atoms with Crippen LogP contribution in [0.5, 0.6) is 11.6 Å². The van der Waals surface area contributed by atoms with E-state index in [4.69, 9.17) is 21.1 Å². The van der Waals surface area contributed by atoms with Gasteiger partial charge in [-0.3, -0.25) is 19.7 Å². The van der Waals surface area contributed by atoms with Crippen molar-refractivity contribution in [2.75, 3.05) is 12.4 Å². The largest absolute Gasteiger partial charge is 0.481 e. The Morgan fingerprint density at radius 2 is 1.84 bits per heavy atom. The molecule has 2 atom stereocenters. The van der Waals surface area contributed by atoms with Gasteiger partial charge in [0.15, 0.2) is 6.10 Å². The maximum absolute atomic E-state index is 12.6. The van der Waals surface area contributed by atoms with E-state index >= 15 is 0 Å². The summed E-state index contributed by atoms with van der Waals surface area (Å²) in [4.78, 5) is 35.5. The first kappa shape index (κ1) is 28.1. The molecule has 0 saturated carbocycles. The second kappa shape index (κ2) is 12.2. The molecular weight excluding hydrogens is 516 g/mol. The maximum Gasteiger partial charge on any atom is 0.350 e. The molecule has 3 aromatic rings. The van der Waals surface area contributed by atoms with Crippen LogP contribution < -0.4 is 20.2 Å². The lowest BCUT2D eigenvalue weighted by Gasteiger charge is -2.16. The molecule has 38 heavy (non-hydrogen) atoms. The highest BCUT2D eigenvalue weighted by atomic mass is 35.5. The Balaban J connectivity index is 1.58. The quantitative estimate of drug-likeness (QED) is 0.220. The fourth-order valence-electron chi connectivity index (χ4n) is 3.28. The normalized spacial score (nSPS) is 12.8. The second-order valence-corrected chi connectivity index (χ2v) is 8.78. The number of nitro groups is 1. The zero-order valence-corrected chi connectivity index (χ0v) is 22.1. The Bertz CT molecular complexity index is 1370. The molecule has 0 aliphatic heterocycles. The fraction of sp³-hybridized carbons (Fsp3) is 0.280. The van der Waals surface area contributed by atoms with Gasteiger partial charge in [-0.15, -0.1) is 5.10 Å². The lowest BCUT2D eigenvalue weighted by atomic mass is 10.1. The summed E-state index contributed by atoms with van der Waals surface area (Å²) >= 11 is 5.96.